The van der Waals surface area contributed by atoms with E-state index in [1.54, 1.807) is 12.1 Å². The summed E-state index contributed by atoms with van der Waals surface area (Å²) in [6.45, 7) is 0.724. The van der Waals surface area contributed by atoms with E-state index in [9.17, 15) is 9.59 Å². The molecule has 4 rings (SSSR count). The Hall–Kier alpha value is -2.75. The smallest absolute Gasteiger partial charge is 0.277 e. The van der Waals surface area contributed by atoms with Crippen LogP contribution in [0.5, 0.6) is 0 Å². The molecule has 0 saturated heterocycles. The van der Waals surface area contributed by atoms with Crippen LogP contribution in [-0.2, 0) is 4.79 Å². The second-order valence-electron chi connectivity index (χ2n) is 7.72. The molecule has 1 heterocycles. The number of ketones is 1. The average Bonchev–Trinajstić information content (AvgIpc) is 3.02. The zero-order valence-electron chi connectivity index (χ0n) is 16.1. The zero-order chi connectivity index (χ0) is 19.3. The summed E-state index contributed by atoms with van der Waals surface area (Å²) in [6.07, 6.45) is 7.55. The van der Waals surface area contributed by atoms with Crippen LogP contribution in [0.2, 0.25) is 0 Å². The molecule has 1 saturated carbocycles. The van der Waals surface area contributed by atoms with Crippen molar-refractivity contribution in [2.24, 2.45) is 10.9 Å². The van der Waals surface area contributed by atoms with Gasteiger partial charge in [0.1, 0.15) is 12.3 Å². The summed E-state index contributed by atoms with van der Waals surface area (Å²) >= 11 is 0. The first kappa shape index (κ1) is 18.6. The van der Waals surface area contributed by atoms with E-state index < -0.39 is 0 Å². The second kappa shape index (κ2) is 8.51. The van der Waals surface area contributed by atoms with Gasteiger partial charge in [-0.1, -0.05) is 80.6 Å². The number of Topliss-reactive ketones (excluding diaryl/α,β-unsaturated/α-hetero) is 1. The molecule has 0 radical (unpaired) electrons. The molecule has 4 nitrogen and oxygen atoms in total. The summed E-state index contributed by atoms with van der Waals surface area (Å²) in [7, 11) is 0. The van der Waals surface area contributed by atoms with Gasteiger partial charge < -0.3 is 4.90 Å². The Morgan fingerprint density at radius 2 is 1.68 bits per heavy atom. The van der Waals surface area contributed by atoms with E-state index in [2.05, 4.69) is 4.99 Å². The van der Waals surface area contributed by atoms with Crippen LogP contribution in [-0.4, -0.2) is 30.5 Å². The number of anilines is 1. The third-order valence-corrected chi connectivity index (χ3v) is 5.86. The van der Waals surface area contributed by atoms with Crippen LogP contribution in [0.15, 0.2) is 59.6 Å². The highest BCUT2D eigenvalue weighted by atomic mass is 16.2. The first-order valence-corrected chi connectivity index (χ1v) is 10.3. The summed E-state index contributed by atoms with van der Waals surface area (Å²) in [5.74, 6) is 0.575. The number of carbonyl (C=O) groups is 2. The molecule has 144 valence electrons. The molecule has 1 fully saturated rings. The quantitative estimate of drug-likeness (QED) is 0.690. The lowest BCUT2D eigenvalue weighted by molar-refractivity contribution is -0.112. The number of amides is 1. The fourth-order valence-electron chi connectivity index (χ4n) is 4.29. The molecule has 0 bridgehead atoms. The van der Waals surface area contributed by atoms with Gasteiger partial charge in [0.25, 0.3) is 5.91 Å². The van der Waals surface area contributed by atoms with Crippen LogP contribution < -0.4 is 4.90 Å². The van der Waals surface area contributed by atoms with Crippen molar-refractivity contribution in [1.82, 2.24) is 0 Å². The average molecular weight is 374 g/mol. The highest BCUT2D eigenvalue weighted by Crippen LogP contribution is 2.32. The van der Waals surface area contributed by atoms with Gasteiger partial charge in [-0.2, -0.15) is 0 Å². The summed E-state index contributed by atoms with van der Waals surface area (Å²) in [5.41, 5.74) is 2.81. The van der Waals surface area contributed by atoms with Gasteiger partial charge in [0, 0.05) is 17.7 Å². The number of aliphatic imine (C=N–C) groups is 1. The molecule has 0 spiro atoms. The largest absolute Gasteiger partial charge is 0.306 e. The summed E-state index contributed by atoms with van der Waals surface area (Å²) in [5, 5.41) is 0. The van der Waals surface area contributed by atoms with Gasteiger partial charge in [-0.25, -0.2) is 0 Å². The van der Waals surface area contributed by atoms with Crippen LogP contribution in [0, 0.1) is 5.92 Å². The van der Waals surface area contributed by atoms with Crippen molar-refractivity contribution < 1.29 is 9.59 Å². The van der Waals surface area contributed by atoms with Crippen molar-refractivity contribution in [2.45, 2.75) is 38.5 Å². The number of nitrogens with zero attached hydrogens (tertiary/aromatic N) is 2. The lowest BCUT2D eigenvalue weighted by atomic mass is 9.87. The summed E-state index contributed by atoms with van der Waals surface area (Å²) in [6, 6.07) is 16.9. The minimum atomic E-state index is -0.0714. The lowest BCUT2D eigenvalue weighted by Gasteiger charge is -2.24. The van der Waals surface area contributed by atoms with E-state index in [1.165, 1.54) is 32.1 Å². The number of para-hydroxylation sites is 1. The molecule has 1 aliphatic carbocycles. The molecule has 0 aromatic heterocycles. The monoisotopic (exact) mass is 374 g/mol. The van der Waals surface area contributed by atoms with Crippen LogP contribution in [0.3, 0.4) is 0 Å². The van der Waals surface area contributed by atoms with Crippen molar-refractivity contribution in [2.75, 3.05) is 18.0 Å². The van der Waals surface area contributed by atoms with Gasteiger partial charge in [-0.3, -0.25) is 14.6 Å². The van der Waals surface area contributed by atoms with Crippen LogP contribution in [0.4, 0.5) is 5.69 Å². The van der Waals surface area contributed by atoms with Gasteiger partial charge in [0.2, 0.25) is 0 Å². The Morgan fingerprint density at radius 1 is 0.964 bits per heavy atom. The van der Waals surface area contributed by atoms with Gasteiger partial charge in [0.15, 0.2) is 5.78 Å². The Kier molecular flexibility index (Phi) is 5.65. The topological polar surface area (TPSA) is 49.7 Å². The summed E-state index contributed by atoms with van der Waals surface area (Å²) < 4.78 is 0. The molecule has 1 amide bonds. The Morgan fingerprint density at radius 3 is 2.46 bits per heavy atom. The Bertz CT molecular complexity index is 882. The first-order valence-electron chi connectivity index (χ1n) is 10.3. The van der Waals surface area contributed by atoms with Crippen molar-refractivity contribution in [1.29, 1.82) is 0 Å². The Labute approximate surface area is 166 Å². The summed E-state index contributed by atoms with van der Waals surface area (Å²) in [4.78, 5) is 31.8. The molecule has 1 aliphatic heterocycles. The maximum absolute atomic E-state index is 13.1. The second-order valence-corrected chi connectivity index (χ2v) is 7.72. The molecule has 0 atom stereocenters. The third kappa shape index (κ3) is 3.91. The predicted molar refractivity (Wildman–Crippen MR) is 112 cm³/mol. The van der Waals surface area contributed by atoms with Crippen molar-refractivity contribution in [3.63, 3.8) is 0 Å². The van der Waals surface area contributed by atoms with Crippen LogP contribution in [0.1, 0.15) is 54.4 Å². The highest BCUT2D eigenvalue weighted by Gasteiger charge is 2.33. The normalized spacial score (nSPS) is 18.5. The highest BCUT2D eigenvalue weighted by molar-refractivity contribution is 6.54. The van der Waals surface area contributed by atoms with E-state index in [1.807, 2.05) is 47.4 Å². The molecule has 2 aromatic rings. The van der Waals surface area contributed by atoms with Crippen molar-refractivity contribution >= 4 is 23.1 Å². The molecule has 28 heavy (non-hydrogen) atoms. The minimum absolute atomic E-state index is 0.00408. The number of rotatable bonds is 6. The Balaban J connectivity index is 1.50. The van der Waals surface area contributed by atoms with Gasteiger partial charge in [0.05, 0.1) is 5.69 Å². The molecular weight excluding hydrogens is 348 g/mol. The number of carbonyl (C=O) groups excluding carboxylic acids is 2. The molecule has 4 heteroatoms. The zero-order valence-corrected chi connectivity index (χ0v) is 16.1. The molecular formula is C24H26N2O2. The third-order valence-electron chi connectivity index (χ3n) is 5.86. The van der Waals surface area contributed by atoms with Crippen LogP contribution >= 0.6 is 0 Å². The first-order chi connectivity index (χ1) is 13.7. The maximum Gasteiger partial charge on any atom is 0.277 e. The predicted octanol–water partition coefficient (Wildman–Crippen LogP) is 4.68. The van der Waals surface area contributed by atoms with Crippen LogP contribution in [0.25, 0.3) is 0 Å². The lowest BCUT2D eigenvalue weighted by Crippen LogP contribution is -2.32. The van der Waals surface area contributed by atoms with E-state index in [-0.39, 0.29) is 18.2 Å². The SMILES string of the molecule is O=C(CN=C1C(=O)N(CCC2CCCCC2)c2ccccc21)c1ccccc1. The number of hydrogen-bond donors (Lipinski definition) is 0. The standard InChI is InChI=1S/C24H26N2O2/c27-22(19-11-5-2-6-12-19)17-25-23-20-13-7-8-14-21(20)26(24(23)28)16-15-18-9-3-1-4-10-18/h2,5-8,11-14,18H,1,3-4,9-10,15-17H2. The van der Waals surface area contributed by atoms with Crippen molar-refractivity contribution in [3.8, 4) is 0 Å². The van der Waals surface area contributed by atoms with E-state index in [4.69, 9.17) is 0 Å². The van der Waals surface area contributed by atoms with Gasteiger partial charge >= 0.3 is 0 Å². The molecule has 0 N–H and O–H groups in total. The van der Waals surface area contributed by atoms with Crippen molar-refractivity contribution in [3.05, 3.63) is 65.7 Å². The fraction of sp³-hybridized carbons (Fsp3) is 0.375. The van der Waals surface area contributed by atoms with E-state index >= 15 is 0 Å². The van der Waals surface area contributed by atoms with Gasteiger partial charge in [-0.05, 0) is 18.4 Å². The van der Waals surface area contributed by atoms with E-state index in [0.29, 0.717) is 17.2 Å². The molecule has 2 aliphatic rings. The van der Waals surface area contributed by atoms with E-state index in [0.717, 1.165) is 24.2 Å². The minimum Gasteiger partial charge on any atom is -0.306 e. The van der Waals surface area contributed by atoms with Gasteiger partial charge in [-0.15, -0.1) is 0 Å². The number of hydrogen-bond acceptors (Lipinski definition) is 3. The number of benzene rings is 2. The number of fused-ring (bicyclic) bond motifs is 1. The fourth-order valence-corrected chi connectivity index (χ4v) is 4.29. The molecule has 2 aromatic carbocycles. The maximum atomic E-state index is 13.1. The molecule has 0 unspecified atom stereocenters.